The van der Waals surface area contributed by atoms with Crippen molar-refractivity contribution in [2.75, 3.05) is 7.05 Å². The number of likely N-dealkylation sites (N-methyl/N-ethyl adjacent to an activating group) is 1. The average molecular weight is 327 g/mol. The highest BCUT2D eigenvalue weighted by molar-refractivity contribution is 5.75. The largest absolute Gasteiger partial charge is 0.462 e. The number of ether oxygens (including phenoxy) is 2. The molecule has 1 amide bonds. The molecule has 0 unspecified atom stereocenters. The maximum absolute atomic E-state index is 11.9. The van der Waals surface area contributed by atoms with Crippen molar-refractivity contribution in [2.24, 2.45) is 0 Å². The van der Waals surface area contributed by atoms with Gasteiger partial charge in [-0.1, -0.05) is 6.42 Å². The molecule has 6 heteroatoms. The van der Waals surface area contributed by atoms with Crippen LogP contribution >= 0.6 is 0 Å². The smallest absolute Gasteiger partial charge is 0.410 e. The third kappa shape index (κ3) is 7.48. The van der Waals surface area contributed by atoms with Crippen LogP contribution in [0.5, 0.6) is 0 Å². The Morgan fingerprint density at radius 3 is 2.35 bits per heavy atom. The molecular weight excluding hydrogens is 298 g/mol. The molecule has 1 atom stereocenters. The summed E-state index contributed by atoms with van der Waals surface area (Å²) in [6.45, 7) is 5.28. The lowest BCUT2D eigenvalue weighted by Gasteiger charge is -2.28. The summed E-state index contributed by atoms with van der Waals surface area (Å²) in [6.07, 6.45) is 5.68. The van der Waals surface area contributed by atoms with Crippen molar-refractivity contribution in [1.29, 1.82) is 0 Å². The van der Waals surface area contributed by atoms with E-state index in [1.54, 1.807) is 20.8 Å². The van der Waals surface area contributed by atoms with Gasteiger partial charge in [0.05, 0.1) is 6.04 Å². The van der Waals surface area contributed by atoms with Gasteiger partial charge in [-0.15, -0.1) is 0 Å². The summed E-state index contributed by atoms with van der Waals surface area (Å²) in [5.41, 5.74) is -0.626. The number of nitrogens with zero attached hydrogens (tertiary/aromatic N) is 1. The van der Waals surface area contributed by atoms with Gasteiger partial charge in [0, 0.05) is 13.5 Å². The summed E-state index contributed by atoms with van der Waals surface area (Å²) in [5.74, 6) is -0.304. The lowest BCUT2D eigenvalue weighted by Crippen LogP contribution is -2.41. The second kappa shape index (κ2) is 8.89. The van der Waals surface area contributed by atoms with Crippen LogP contribution in [0, 0.1) is 0 Å². The molecule has 0 bridgehead atoms. The SMILES string of the molecule is CN(C(=O)OC(C)(C)C)[C@H](C=O)CCC(=O)OC1CCCCC1. The van der Waals surface area contributed by atoms with E-state index in [1.807, 2.05) is 0 Å². The van der Waals surface area contributed by atoms with Gasteiger partial charge in [0.1, 0.15) is 18.0 Å². The molecular formula is C17H29NO5. The fraction of sp³-hybridized carbons (Fsp3) is 0.824. The zero-order chi connectivity index (χ0) is 17.5. The molecule has 0 spiro atoms. The Hall–Kier alpha value is -1.59. The number of carbonyl (C=O) groups excluding carboxylic acids is 3. The number of aldehydes is 1. The molecule has 0 aromatic rings. The van der Waals surface area contributed by atoms with Crippen LogP contribution in [0.25, 0.3) is 0 Å². The Bertz CT molecular complexity index is 410. The highest BCUT2D eigenvalue weighted by Gasteiger charge is 2.26. The summed E-state index contributed by atoms with van der Waals surface area (Å²) in [5, 5.41) is 0. The van der Waals surface area contributed by atoms with Gasteiger partial charge in [-0.25, -0.2) is 4.79 Å². The highest BCUT2D eigenvalue weighted by atomic mass is 16.6. The second-order valence-electron chi connectivity index (χ2n) is 7.08. The quantitative estimate of drug-likeness (QED) is 0.554. The van der Waals surface area contributed by atoms with E-state index in [0.29, 0.717) is 6.29 Å². The molecule has 0 aromatic heterocycles. The molecule has 132 valence electrons. The van der Waals surface area contributed by atoms with E-state index in [-0.39, 0.29) is 24.9 Å². The van der Waals surface area contributed by atoms with E-state index in [1.165, 1.54) is 18.4 Å². The van der Waals surface area contributed by atoms with E-state index < -0.39 is 17.7 Å². The van der Waals surface area contributed by atoms with Crippen LogP contribution in [0.2, 0.25) is 0 Å². The van der Waals surface area contributed by atoms with Crippen LogP contribution < -0.4 is 0 Å². The summed E-state index contributed by atoms with van der Waals surface area (Å²) in [6, 6.07) is -0.691. The Kier molecular flexibility index (Phi) is 7.52. The molecule has 6 nitrogen and oxygen atoms in total. The Morgan fingerprint density at radius 2 is 1.83 bits per heavy atom. The molecule has 0 saturated heterocycles. The summed E-state index contributed by atoms with van der Waals surface area (Å²) >= 11 is 0. The van der Waals surface area contributed by atoms with Gasteiger partial charge in [-0.3, -0.25) is 4.79 Å². The molecule has 1 rings (SSSR count). The first-order chi connectivity index (χ1) is 10.7. The molecule has 0 heterocycles. The van der Waals surface area contributed by atoms with Gasteiger partial charge in [0.2, 0.25) is 0 Å². The summed E-state index contributed by atoms with van der Waals surface area (Å²) in [4.78, 5) is 36.3. The van der Waals surface area contributed by atoms with E-state index in [4.69, 9.17) is 9.47 Å². The monoisotopic (exact) mass is 327 g/mol. The first-order valence-electron chi connectivity index (χ1n) is 8.33. The lowest BCUT2D eigenvalue weighted by atomic mass is 9.98. The van der Waals surface area contributed by atoms with E-state index in [0.717, 1.165) is 25.7 Å². The predicted molar refractivity (Wildman–Crippen MR) is 86.0 cm³/mol. The fourth-order valence-corrected chi connectivity index (χ4v) is 2.52. The number of amides is 1. The fourth-order valence-electron chi connectivity index (χ4n) is 2.52. The summed E-state index contributed by atoms with van der Waals surface area (Å²) in [7, 11) is 1.50. The zero-order valence-corrected chi connectivity index (χ0v) is 14.7. The Labute approximate surface area is 138 Å². The van der Waals surface area contributed by atoms with Crippen molar-refractivity contribution in [2.45, 2.75) is 83.5 Å². The molecule has 1 fully saturated rings. The van der Waals surface area contributed by atoms with Gasteiger partial charge in [0.15, 0.2) is 0 Å². The predicted octanol–water partition coefficient (Wildman–Crippen LogP) is 3.08. The number of esters is 1. The molecule has 1 aliphatic carbocycles. The van der Waals surface area contributed by atoms with Gasteiger partial charge in [0.25, 0.3) is 0 Å². The van der Waals surface area contributed by atoms with Gasteiger partial charge in [-0.2, -0.15) is 0 Å². The standard InChI is InChI=1S/C17H29NO5/c1-17(2,3)23-16(21)18(4)13(12-19)10-11-15(20)22-14-8-6-5-7-9-14/h12-14H,5-11H2,1-4H3/t13-/m0/s1. The zero-order valence-electron chi connectivity index (χ0n) is 14.7. The van der Waals surface area contributed by atoms with Crippen LogP contribution in [0.15, 0.2) is 0 Å². The van der Waals surface area contributed by atoms with Crippen LogP contribution in [0.1, 0.15) is 65.7 Å². The Balaban J connectivity index is 2.41. The van der Waals surface area contributed by atoms with E-state index in [2.05, 4.69) is 0 Å². The lowest BCUT2D eigenvalue weighted by molar-refractivity contribution is -0.150. The second-order valence-corrected chi connectivity index (χ2v) is 7.08. The minimum absolute atomic E-state index is 0.00881. The van der Waals surface area contributed by atoms with Crippen molar-refractivity contribution in [3.05, 3.63) is 0 Å². The number of rotatable bonds is 6. The minimum Gasteiger partial charge on any atom is -0.462 e. The first-order valence-corrected chi connectivity index (χ1v) is 8.33. The molecule has 0 N–H and O–H groups in total. The van der Waals surface area contributed by atoms with Crippen molar-refractivity contribution >= 4 is 18.3 Å². The maximum Gasteiger partial charge on any atom is 0.410 e. The van der Waals surface area contributed by atoms with Gasteiger partial charge >= 0.3 is 12.1 Å². The van der Waals surface area contributed by atoms with Crippen molar-refractivity contribution in [1.82, 2.24) is 4.90 Å². The molecule has 23 heavy (non-hydrogen) atoms. The van der Waals surface area contributed by atoms with Gasteiger partial charge in [-0.05, 0) is 52.9 Å². The maximum atomic E-state index is 11.9. The van der Waals surface area contributed by atoms with Crippen LogP contribution in [-0.2, 0) is 19.1 Å². The van der Waals surface area contributed by atoms with E-state index >= 15 is 0 Å². The summed E-state index contributed by atoms with van der Waals surface area (Å²) < 4.78 is 10.6. The molecule has 1 saturated carbocycles. The normalized spacial score (nSPS) is 17.2. The third-order valence-electron chi connectivity index (χ3n) is 3.83. The van der Waals surface area contributed by atoms with Crippen molar-refractivity contribution in [3.63, 3.8) is 0 Å². The number of hydrogen-bond donors (Lipinski definition) is 0. The average Bonchev–Trinajstić information content (AvgIpc) is 2.46. The number of carbonyl (C=O) groups is 3. The Morgan fingerprint density at radius 1 is 1.22 bits per heavy atom. The van der Waals surface area contributed by atoms with Crippen LogP contribution in [0.3, 0.4) is 0 Å². The topological polar surface area (TPSA) is 72.9 Å². The highest BCUT2D eigenvalue weighted by Crippen LogP contribution is 2.21. The minimum atomic E-state index is -0.691. The van der Waals surface area contributed by atoms with Crippen molar-refractivity contribution in [3.8, 4) is 0 Å². The molecule has 0 radical (unpaired) electrons. The van der Waals surface area contributed by atoms with Crippen LogP contribution in [0.4, 0.5) is 4.79 Å². The molecule has 1 aliphatic rings. The molecule has 0 aromatic carbocycles. The van der Waals surface area contributed by atoms with Crippen LogP contribution in [-0.4, -0.2) is 48.0 Å². The van der Waals surface area contributed by atoms with Gasteiger partial charge < -0.3 is 19.2 Å². The number of hydrogen-bond acceptors (Lipinski definition) is 5. The molecule has 0 aliphatic heterocycles. The van der Waals surface area contributed by atoms with E-state index in [9.17, 15) is 14.4 Å². The van der Waals surface area contributed by atoms with Crippen molar-refractivity contribution < 1.29 is 23.9 Å². The third-order valence-corrected chi connectivity index (χ3v) is 3.83. The first kappa shape index (κ1) is 19.5.